The topological polar surface area (TPSA) is 51.4 Å². The first-order chi connectivity index (χ1) is 9.51. The van der Waals surface area contributed by atoms with E-state index in [0.29, 0.717) is 5.69 Å². The molecule has 0 saturated carbocycles. The molecule has 0 aliphatic heterocycles. The molecule has 106 valence electrons. The van der Waals surface area contributed by atoms with Crippen LogP contribution in [0.5, 0.6) is 5.75 Å². The smallest absolute Gasteiger partial charge is 0.133 e. The molecule has 0 fully saturated rings. The molecular formula is C15H18BrN3O. The van der Waals surface area contributed by atoms with Crippen molar-refractivity contribution < 1.29 is 4.74 Å². The lowest BCUT2D eigenvalue weighted by Gasteiger charge is -2.19. The minimum Gasteiger partial charge on any atom is -0.496 e. The Kier molecular flexibility index (Phi) is 4.49. The molecule has 1 aromatic carbocycles. The van der Waals surface area contributed by atoms with Crippen LogP contribution in [0.2, 0.25) is 0 Å². The van der Waals surface area contributed by atoms with E-state index >= 15 is 0 Å². The van der Waals surface area contributed by atoms with E-state index in [2.05, 4.69) is 31.9 Å². The van der Waals surface area contributed by atoms with Gasteiger partial charge in [0.2, 0.25) is 0 Å². The van der Waals surface area contributed by atoms with Crippen molar-refractivity contribution in [3.63, 3.8) is 0 Å². The van der Waals surface area contributed by atoms with Crippen LogP contribution in [0.25, 0.3) is 0 Å². The van der Waals surface area contributed by atoms with E-state index in [0.717, 1.165) is 28.3 Å². The van der Waals surface area contributed by atoms with Crippen LogP contribution in [-0.2, 0) is 6.54 Å². The number of halogens is 1. The highest BCUT2D eigenvalue weighted by Crippen LogP contribution is 2.26. The third-order valence-electron chi connectivity index (χ3n) is 3.14. The maximum Gasteiger partial charge on any atom is 0.133 e. The number of methoxy groups -OCH3 is 1. The lowest BCUT2D eigenvalue weighted by atomic mass is 10.2. The summed E-state index contributed by atoms with van der Waals surface area (Å²) in [6, 6.07) is 9.87. The van der Waals surface area contributed by atoms with Crippen LogP contribution in [0, 0.1) is 6.92 Å². The van der Waals surface area contributed by atoms with E-state index in [1.807, 2.05) is 38.2 Å². The fourth-order valence-corrected chi connectivity index (χ4v) is 2.52. The number of anilines is 2. The van der Waals surface area contributed by atoms with Crippen LogP contribution >= 0.6 is 15.9 Å². The highest BCUT2D eigenvalue weighted by atomic mass is 79.9. The second-order valence-corrected chi connectivity index (χ2v) is 5.52. The van der Waals surface area contributed by atoms with Crippen LogP contribution in [0.1, 0.15) is 11.3 Å². The number of benzene rings is 1. The van der Waals surface area contributed by atoms with Crippen molar-refractivity contribution in [3.8, 4) is 5.75 Å². The van der Waals surface area contributed by atoms with Gasteiger partial charge in [-0.3, -0.25) is 0 Å². The van der Waals surface area contributed by atoms with Gasteiger partial charge in [-0.25, -0.2) is 4.98 Å². The summed E-state index contributed by atoms with van der Waals surface area (Å²) < 4.78 is 6.18. The van der Waals surface area contributed by atoms with Gasteiger partial charge >= 0.3 is 0 Å². The molecule has 2 rings (SSSR count). The fraction of sp³-hybridized carbons (Fsp3) is 0.267. The Hall–Kier alpha value is -1.75. The maximum atomic E-state index is 5.79. The number of hydrogen-bond acceptors (Lipinski definition) is 4. The molecule has 0 aliphatic carbocycles. The molecule has 5 heteroatoms. The summed E-state index contributed by atoms with van der Waals surface area (Å²) in [4.78, 5) is 6.57. The van der Waals surface area contributed by atoms with Crippen molar-refractivity contribution in [2.45, 2.75) is 13.5 Å². The number of aromatic nitrogens is 1. The predicted molar refractivity (Wildman–Crippen MR) is 86.2 cm³/mol. The van der Waals surface area contributed by atoms with Gasteiger partial charge in [-0.15, -0.1) is 0 Å². The first kappa shape index (κ1) is 14.7. The summed E-state index contributed by atoms with van der Waals surface area (Å²) in [5, 5.41) is 0. The number of nitrogens with zero attached hydrogens (tertiary/aromatic N) is 2. The quantitative estimate of drug-likeness (QED) is 0.930. The Morgan fingerprint density at radius 1 is 1.30 bits per heavy atom. The first-order valence-electron chi connectivity index (χ1n) is 6.28. The Bertz CT molecular complexity index is 616. The van der Waals surface area contributed by atoms with Crippen LogP contribution in [0.4, 0.5) is 11.5 Å². The molecule has 0 atom stereocenters. The minimum absolute atomic E-state index is 0.717. The van der Waals surface area contributed by atoms with Crippen molar-refractivity contribution in [1.82, 2.24) is 4.98 Å². The average molecular weight is 336 g/mol. The van der Waals surface area contributed by atoms with Gasteiger partial charge < -0.3 is 15.4 Å². The number of aryl methyl sites for hydroxylation is 1. The number of rotatable bonds is 4. The van der Waals surface area contributed by atoms with Gasteiger partial charge in [0.15, 0.2) is 0 Å². The zero-order valence-electron chi connectivity index (χ0n) is 11.9. The van der Waals surface area contributed by atoms with Gasteiger partial charge in [0.25, 0.3) is 0 Å². The number of hydrogen-bond donors (Lipinski definition) is 1. The summed E-state index contributed by atoms with van der Waals surface area (Å²) in [6.07, 6.45) is 0. The van der Waals surface area contributed by atoms with Crippen LogP contribution in [0.15, 0.2) is 34.8 Å². The number of pyridine rings is 1. The molecule has 0 bridgehead atoms. The van der Waals surface area contributed by atoms with Gasteiger partial charge in [-0.2, -0.15) is 0 Å². The van der Waals surface area contributed by atoms with Crippen LogP contribution < -0.4 is 15.4 Å². The van der Waals surface area contributed by atoms with Gasteiger partial charge in [0, 0.05) is 13.6 Å². The van der Waals surface area contributed by atoms with Gasteiger partial charge in [0.1, 0.15) is 11.6 Å². The van der Waals surface area contributed by atoms with E-state index in [1.54, 1.807) is 7.11 Å². The average Bonchev–Trinajstić information content (AvgIpc) is 2.42. The van der Waals surface area contributed by atoms with Crippen molar-refractivity contribution >= 4 is 27.4 Å². The standard InChI is InChI=1S/C15H18BrN3O/c1-10-13(17)5-7-15(18-10)19(2)9-11-4-6-14(20-3)12(16)8-11/h4-8H,9,17H2,1-3H3. The van der Waals surface area contributed by atoms with Crippen molar-refractivity contribution in [1.29, 1.82) is 0 Å². The van der Waals surface area contributed by atoms with E-state index in [4.69, 9.17) is 10.5 Å². The lowest BCUT2D eigenvalue weighted by molar-refractivity contribution is 0.412. The number of ether oxygens (including phenoxy) is 1. The van der Waals surface area contributed by atoms with Crippen molar-refractivity contribution in [3.05, 3.63) is 46.1 Å². The van der Waals surface area contributed by atoms with Crippen LogP contribution in [0.3, 0.4) is 0 Å². The molecular weight excluding hydrogens is 318 g/mol. The van der Waals surface area contributed by atoms with Gasteiger partial charge in [-0.1, -0.05) is 6.07 Å². The zero-order chi connectivity index (χ0) is 14.7. The Morgan fingerprint density at radius 3 is 2.65 bits per heavy atom. The maximum absolute atomic E-state index is 5.79. The van der Waals surface area contributed by atoms with Crippen molar-refractivity contribution in [2.24, 2.45) is 0 Å². The minimum atomic E-state index is 0.717. The predicted octanol–water partition coefficient (Wildman–Crippen LogP) is 3.38. The molecule has 0 amide bonds. The molecule has 2 N–H and O–H groups in total. The van der Waals surface area contributed by atoms with E-state index in [1.165, 1.54) is 5.56 Å². The SMILES string of the molecule is COc1ccc(CN(C)c2ccc(N)c(C)n2)cc1Br. The normalized spacial score (nSPS) is 10.4. The second kappa shape index (κ2) is 6.13. The first-order valence-corrected chi connectivity index (χ1v) is 7.07. The molecule has 4 nitrogen and oxygen atoms in total. The van der Waals surface area contributed by atoms with Gasteiger partial charge in [0.05, 0.1) is 23.0 Å². The summed E-state index contributed by atoms with van der Waals surface area (Å²) >= 11 is 3.50. The zero-order valence-corrected chi connectivity index (χ0v) is 13.4. The van der Waals surface area contributed by atoms with Crippen molar-refractivity contribution in [2.75, 3.05) is 24.8 Å². The molecule has 20 heavy (non-hydrogen) atoms. The highest BCUT2D eigenvalue weighted by molar-refractivity contribution is 9.10. The largest absolute Gasteiger partial charge is 0.496 e. The fourth-order valence-electron chi connectivity index (χ4n) is 1.93. The van der Waals surface area contributed by atoms with E-state index in [9.17, 15) is 0 Å². The number of nitrogens with two attached hydrogens (primary N) is 1. The molecule has 0 saturated heterocycles. The molecule has 0 radical (unpaired) electrons. The molecule has 0 aliphatic rings. The lowest BCUT2D eigenvalue weighted by Crippen LogP contribution is -2.18. The molecule has 0 spiro atoms. The van der Waals surface area contributed by atoms with Crippen LogP contribution in [-0.4, -0.2) is 19.1 Å². The monoisotopic (exact) mass is 335 g/mol. The molecule has 1 heterocycles. The Balaban J connectivity index is 2.16. The van der Waals surface area contributed by atoms with E-state index in [-0.39, 0.29) is 0 Å². The summed E-state index contributed by atoms with van der Waals surface area (Å²) in [5.41, 5.74) is 8.54. The third kappa shape index (κ3) is 3.22. The molecule has 1 aromatic heterocycles. The summed E-state index contributed by atoms with van der Waals surface area (Å²) in [5.74, 6) is 1.74. The molecule has 2 aromatic rings. The summed E-state index contributed by atoms with van der Waals surface area (Å²) in [7, 11) is 3.67. The van der Waals surface area contributed by atoms with E-state index < -0.39 is 0 Å². The Labute approximate surface area is 127 Å². The third-order valence-corrected chi connectivity index (χ3v) is 3.76. The molecule has 0 unspecified atom stereocenters. The van der Waals surface area contributed by atoms with Gasteiger partial charge in [-0.05, 0) is 52.7 Å². The highest BCUT2D eigenvalue weighted by Gasteiger charge is 2.07. The summed E-state index contributed by atoms with van der Waals surface area (Å²) in [6.45, 7) is 2.68. The second-order valence-electron chi connectivity index (χ2n) is 4.67. The Morgan fingerprint density at radius 2 is 2.05 bits per heavy atom. The number of nitrogen functional groups attached to an aromatic ring is 1.